The van der Waals surface area contributed by atoms with E-state index in [4.69, 9.17) is 16.1 Å². The van der Waals surface area contributed by atoms with Crippen molar-refractivity contribution < 1.29 is 4.52 Å². The lowest BCUT2D eigenvalue weighted by Crippen LogP contribution is -2.32. The van der Waals surface area contributed by atoms with Crippen LogP contribution in [-0.2, 0) is 0 Å². The molecule has 1 aliphatic rings. The minimum atomic E-state index is -0.0152. The minimum Gasteiger partial charge on any atom is -0.360 e. The van der Waals surface area contributed by atoms with E-state index in [-0.39, 0.29) is 11.6 Å². The average Bonchev–Trinajstić information content (AvgIpc) is 2.98. The van der Waals surface area contributed by atoms with Gasteiger partial charge in [0, 0.05) is 11.4 Å². The molecule has 2 atom stereocenters. The van der Waals surface area contributed by atoms with Crippen molar-refractivity contribution in [3.8, 4) is 0 Å². The summed E-state index contributed by atoms with van der Waals surface area (Å²) in [6.07, 6.45) is 4.35. The molecule has 0 bridgehead atoms. The van der Waals surface area contributed by atoms with Crippen molar-refractivity contribution in [3.05, 3.63) is 39.3 Å². The van der Waals surface area contributed by atoms with Gasteiger partial charge in [0.2, 0.25) is 0 Å². The van der Waals surface area contributed by atoms with Crippen LogP contribution < -0.4 is 10.9 Å². The number of nitrogens with zero attached hydrogens (tertiary/aromatic N) is 2. The molecule has 2 heterocycles. The first-order chi connectivity index (χ1) is 12.1. The van der Waals surface area contributed by atoms with Crippen LogP contribution in [0.2, 0.25) is 5.02 Å². The number of hydrogen-bond acceptors (Lipinski definition) is 4. The lowest BCUT2D eigenvalue weighted by atomic mass is 9.85. The normalized spacial score (nSPS) is 21.2. The number of halogens is 1. The summed E-state index contributed by atoms with van der Waals surface area (Å²) in [4.78, 5) is 13.3. The molecule has 132 valence electrons. The van der Waals surface area contributed by atoms with E-state index < -0.39 is 0 Å². The Labute approximate surface area is 150 Å². The summed E-state index contributed by atoms with van der Waals surface area (Å²) in [5, 5.41) is 9.35. The van der Waals surface area contributed by atoms with E-state index in [1.54, 1.807) is 6.92 Å². The fourth-order valence-corrected chi connectivity index (χ4v) is 4.57. The molecule has 0 amide bonds. The fourth-order valence-electron chi connectivity index (χ4n) is 4.31. The summed E-state index contributed by atoms with van der Waals surface area (Å²) >= 11 is 6.48. The fraction of sp³-hybridized carbons (Fsp3) is 0.474. The molecule has 5 nitrogen and oxygen atoms in total. The second-order valence-electron chi connectivity index (χ2n) is 7.02. The molecule has 0 spiro atoms. The molecule has 1 aromatic carbocycles. The Morgan fingerprint density at radius 1 is 1.36 bits per heavy atom. The first-order valence-electron chi connectivity index (χ1n) is 8.85. The van der Waals surface area contributed by atoms with Gasteiger partial charge in [-0.25, -0.2) is 0 Å². The summed E-state index contributed by atoms with van der Waals surface area (Å²) in [6.45, 7) is 2.77. The average molecular weight is 360 g/mol. The van der Waals surface area contributed by atoms with E-state index in [1.165, 1.54) is 6.42 Å². The van der Waals surface area contributed by atoms with E-state index in [1.807, 2.05) is 29.8 Å². The summed E-state index contributed by atoms with van der Waals surface area (Å²) in [5.74, 6) is 1.14. The molecular weight excluding hydrogens is 338 g/mol. The van der Waals surface area contributed by atoms with Gasteiger partial charge in [0.05, 0.1) is 10.5 Å². The predicted molar refractivity (Wildman–Crippen MR) is 100 cm³/mol. The van der Waals surface area contributed by atoms with Crippen LogP contribution in [0.5, 0.6) is 0 Å². The second-order valence-corrected chi connectivity index (χ2v) is 7.42. The standard InChI is InChI=1S/C19H22ClN3O2/c1-11-16-18(22-25-11)17-14(20)7-4-8-15(17)23(19(16)24)13-6-3-5-12(9-13)10-21-2/h4,7-8,12-13,21H,3,5-6,9-10H2,1-2H3. The Hall–Kier alpha value is -1.85. The van der Waals surface area contributed by atoms with Crippen molar-refractivity contribution in [2.24, 2.45) is 5.92 Å². The maximum absolute atomic E-state index is 13.3. The molecule has 25 heavy (non-hydrogen) atoms. The van der Waals surface area contributed by atoms with Crippen LogP contribution >= 0.6 is 11.6 Å². The molecule has 3 aromatic rings. The van der Waals surface area contributed by atoms with Crippen molar-refractivity contribution in [2.45, 2.75) is 38.6 Å². The summed E-state index contributed by atoms with van der Waals surface area (Å²) in [7, 11) is 1.98. The van der Waals surface area contributed by atoms with Gasteiger partial charge in [0.1, 0.15) is 16.7 Å². The van der Waals surface area contributed by atoms with Gasteiger partial charge < -0.3 is 14.4 Å². The van der Waals surface area contributed by atoms with E-state index in [0.717, 1.165) is 36.7 Å². The Morgan fingerprint density at radius 2 is 2.20 bits per heavy atom. The third-order valence-electron chi connectivity index (χ3n) is 5.40. The van der Waals surface area contributed by atoms with E-state index in [2.05, 4.69) is 10.5 Å². The second kappa shape index (κ2) is 6.46. The molecule has 2 unspecified atom stereocenters. The molecule has 1 fully saturated rings. The molecule has 6 heteroatoms. The van der Waals surface area contributed by atoms with Gasteiger partial charge in [0.25, 0.3) is 5.56 Å². The van der Waals surface area contributed by atoms with E-state index >= 15 is 0 Å². The quantitative estimate of drug-likeness (QED) is 0.766. The first kappa shape index (κ1) is 16.6. The number of aromatic nitrogens is 2. The van der Waals surface area contributed by atoms with Crippen molar-refractivity contribution in [1.29, 1.82) is 0 Å². The van der Waals surface area contributed by atoms with Crippen LogP contribution in [0.15, 0.2) is 27.5 Å². The zero-order valence-corrected chi connectivity index (χ0v) is 15.3. The van der Waals surface area contributed by atoms with Gasteiger partial charge in [-0.15, -0.1) is 0 Å². The molecule has 2 aromatic heterocycles. The van der Waals surface area contributed by atoms with Crippen molar-refractivity contribution in [1.82, 2.24) is 15.0 Å². The Balaban J connectivity index is 1.99. The number of nitrogens with one attached hydrogen (secondary N) is 1. The van der Waals surface area contributed by atoms with E-state index in [0.29, 0.717) is 27.6 Å². The van der Waals surface area contributed by atoms with E-state index in [9.17, 15) is 4.79 Å². The molecule has 0 aliphatic heterocycles. The summed E-state index contributed by atoms with van der Waals surface area (Å²) in [6, 6.07) is 5.88. The number of hydrogen-bond donors (Lipinski definition) is 1. The highest BCUT2D eigenvalue weighted by Crippen LogP contribution is 2.36. The smallest absolute Gasteiger partial charge is 0.264 e. The minimum absolute atomic E-state index is 0.0152. The predicted octanol–water partition coefficient (Wildman–Crippen LogP) is 4.06. The maximum atomic E-state index is 13.3. The van der Waals surface area contributed by atoms with Gasteiger partial charge in [0.15, 0.2) is 0 Å². The monoisotopic (exact) mass is 359 g/mol. The molecular formula is C19H22ClN3O2. The van der Waals surface area contributed by atoms with Crippen LogP contribution in [0.25, 0.3) is 21.8 Å². The zero-order chi connectivity index (χ0) is 17.6. The number of rotatable bonds is 3. The van der Waals surface area contributed by atoms with Crippen molar-refractivity contribution in [3.63, 3.8) is 0 Å². The van der Waals surface area contributed by atoms with Gasteiger partial charge >= 0.3 is 0 Å². The number of benzene rings is 1. The molecule has 4 rings (SSSR count). The maximum Gasteiger partial charge on any atom is 0.264 e. The van der Waals surface area contributed by atoms with Crippen LogP contribution in [-0.4, -0.2) is 23.3 Å². The van der Waals surface area contributed by atoms with Gasteiger partial charge in [-0.1, -0.05) is 29.2 Å². The molecule has 1 N–H and O–H groups in total. The third kappa shape index (κ3) is 2.66. The van der Waals surface area contributed by atoms with Crippen LogP contribution in [0.3, 0.4) is 0 Å². The SMILES string of the molecule is CNCC1CCCC(n2c(=O)c3c(C)onc3c3c(Cl)cccc32)C1. The first-order valence-corrected chi connectivity index (χ1v) is 9.23. The zero-order valence-electron chi connectivity index (χ0n) is 14.5. The van der Waals surface area contributed by atoms with Crippen molar-refractivity contribution >= 4 is 33.4 Å². The highest BCUT2D eigenvalue weighted by atomic mass is 35.5. The third-order valence-corrected chi connectivity index (χ3v) is 5.71. The molecule has 0 radical (unpaired) electrons. The highest BCUT2D eigenvalue weighted by Gasteiger charge is 2.27. The Bertz CT molecular complexity index is 990. The van der Waals surface area contributed by atoms with Gasteiger partial charge in [-0.3, -0.25) is 4.79 Å². The molecule has 1 saturated carbocycles. The van der Waals surface area contributed by atoms with Crippen LogP contribution in [0.1, 0.15) is 37.5 Å². The summed E-state index contributed by atoms with van der Waals surface area (Å²) in [5.41, 5.74) is 1.41. The van der Waals surface area contributed by atoms with Gasteiger partial charge in [-0.05, 0) is 57.8 Å². The molecule has 0 saturated heterocycles. The van der Waals surface area contributed by atoms with Gasteiger partial charge in [-0.2, -0.15) is 0 Å². The highest BCUT2D eigenvalue weighted by molar-refractivity contribution is 6.37. The lowest BCUT2D eigenvalue weighted by Gasteiger charge is -2.31. The largest absolute Gasteiger partial charge is 0.360 e. The van der Waals surface area contributed by atoms with Crippen LogP contribution in [0, 0.1) is 12.8 Å². The Morgan fingerprint density at radius 3 is 3.00 bits per heavy atom. The topological polar surface area (TPSA) is 60.1 Å². The molecule has 1 aliphatic carbocycles. The Kier molecular flexibility index (Phi) is 4.29. The number of fused-ring (bicyclic) bond motifs is 3. The number of pyridine rings is 1. The van der Waals surface area contributed by atoms with Crippen LogP contribution in [0.4, 0.5) is 0 Å². The number of aryl methyl sites for hydroxylation is 1. The lowest BCUT2D eigenvalue weighted by molar-refractivity contribution is 0.264. The van der Waals surface area contributed by atoms with Crippen molar-refractivity contribution in [2.75, 3.05) is 13.6 Å². The summed E-state index contributed by atoms with van der Waals surface area (Å²) < 4.78 is 7.27.